The number of aliphatic carboxylic acids is 1. The van der Waals surface area contributed by atoms with Gasteiger partial charge in [-0.3, -0.25) is 14.5 Å². The highest BCUT2D eigenvalue weighted by Gasteiger charge is 2.40. The Morgan fingerprint density at radius 3 is 2.16 bits per heavy atom. The van der Waals surface area contributed by atoms with Gasteiger partial charge >= 0.3 is 12.0 Å². The number of carbonyl (C=O) groups excluding carboxylic acids is 3. The van der Waals surface area contributed by atoms with Crippen LogP contribution in [0.5, 0.6) is 0 Å². The molecule has 31 heavy (non-hydrogen) atoms. The fourth-order valence-electron chi connectivity index (χ4n) is 3.47. The smallest absolute Gasteiger partial charge is 0.328 e. The third kappa shape index (κ3) is 5.32. The zero-order valence-corrected chi connectivity index (χ0v) is 18.2. The Hall–Kier alpha value is -3.14. The number of benzene rings is 1. The summed E-state index contributed by atoms with van der Waals surface area (Å²) in [6, 6.07) is 2.79. The molecule has 1 aromatic rings. The molecule has 10 nitrogen and oxygen atoms in total. The highest BCUT2D eigenvalue weighted by atomic mass is 16.4. The van der Waals surface area contributed by atoms with Gasteiger partial charge in [0.25, 0.3) is 0 Å². The van der Waals surface area contributed by atoms with Gasteiger partial charge in [0.15, 0.2) is 6.04 Å². The average Bonchev–Trinajstić information content (AvgIpc) is 2.67. The minimum absolute atomic E-state index is 0.211. The van der Waals surface area contributed by atoms with E-state index in [2.05, 4.69) is 16.0 Å². The number of nitrogens with one attached hydrogen (secondary N) is 3. The van der Waals surface area contributed by atoms with Crippen LogP contribution < -0.4 is 20.9 Å². The molecule has 0 saturated carbocycles. The van der Waals surface area contributed by atoms with Crippen molar-refractivity contribution in [3.8, 4) is 0 Å². The van der Waals surface area contributed by atoms with E-state index in [1.54, 1.807) is 38.1 Å². The van der Waals surface area contributed by atoms with Crippen LogP contribution in [0.3, 0.4) is 0 Å². The van der Waals surface area contributed by atoms with E-state index in [-0.39, 0.29) is 11.8 Å². The molecule has 10 heteroatoms. The molecule has 0 fully saturated rings. The largest absolute Gasteiger partial charge is 0.480 e. The number of aliphatic hydroxyl groups is 1. The first-order valence-electron chi connectivity index (χ1n) is 10.2. The third-order valence-electron chi connectivity index (χ3n) is 5.09. The second-order valence-corrected chi connectivity index (χ2v) is 8.30. The van der Waals surface area contributed by atoms with Gasteiger partial charge in [-0.1, -0.05) is 39.8 Å². The van der Waals surface area contributed by atoms with Crippen LogP contribution in [-0.2, 0) is 14.4 Å². The topological polar surface area (TPSA) is 148 Å². The molecule has 0 spiro atoms. The number of carboxylic acid groups (broad SMARTS) is 1. The van der Waals surface area contributed by atoms with E-state index >= 15 is 0 Å². The second-order valence-electron chi connectivity index (χ2n) is 8.30. The second kappa shape index (κ2) is 9.78. The molecule has 4 amide bonds. The fourth-order valence-corrected chi connectivity index (χ4v) is 3.47. The number of anilines is 2. The van der Waals surface area contributed by atoms with Crippen molar-refractivity contribution in [3.05, 3.63) is 24.3 Å². The number of hydrogen-bond acceptors (Lipinski definition) is 5. The molecule has 0 bridgehead atoms. The minimum atomic E-state index is -1.52. The molecule has 5 N–H and O–H groups in total. The summed E-state index contributed by atoms with van der Waals surface area (Å²) in [6.07, 6.45) is -1.33. The molecule has 1 aliphatic heterocycles. The van der Waals surface area contributed by atoms with Crippen molar-refractivity contribution in [3.63, 3.8) is 0 Å². The number of amides is 4. The molecule has 1 aromatic carbocycles. The van der Waals surface area contributed by atoms with Crippen molar-refractivity contribution < 1.29 is 29.4 Å². The quantitative estimate of drug-likeness (QED) is 0.435. The Morgan fingerprint density at radius 2 is 1.65 bits per heavy atom. The molecular weight excluding hydrogens is 404 g/mol. The SMILES string of the molecule is CC(C)[C@H]1C(=O)Nc2ccccc2N1C(=O)N[C@@H](C(=O)N[C@H](C(=O)O)[C@@H](C)O)C(C)C. The van der Waals surface area contributed by atoms with Gasteiger partial charge in [0.05, 0.1) is 17.5 Å². The number of carbonyl (C=O) groups is 4. The lowest BCUT2D eigenvalue weighted by molar-refractivity contribution is -0.145. The molecule has 2 rings (SSSR count). The van der Waals surface area contributed by atoms with Crippen LogP contribution in [0, 0.1) is 11.8 Å². The summed E-state index contributed by atoms with van der Waals surface area (Å²) in [5, 5.41) is 26.5. The van der Waals surface area contributed by atoms with Crippen LogP contribution >= 0.6 is 0 Å². The number of aliphatic hydroxyl groups excluding tert-OH is 1. The Labute approximate surface area is 181 Å². The number of hydrogen-bond donors (Lipinski definition) is 5. The van der Waals surface area contributed by atoms with Crippen LogP contribution in [0.4, 0.5) is 16.2 Å². The minimum Gasteiger partial charge on any atom is -0.480 e. The van der Waals surface area contributed by atoms with Crippen molar-refractivity contribution >= 4 is 35.2 Å². The molecule has 0 radical (unpaired) electrons. The maximum absolute atomic E-state index is 13.3. The summed E-state index contributed by atoms with van der Waals surface area (Å²) in [5.41, 5.74) is 0.971. The fraction of sp³-hybridized carbons (Fsp3) is 0.524. The Balaban J connectivity index is 2.33. The Morgan fingerprint density at radius 1 is 1.03 bits per heavy atom. The first-order chi connectivity index (χ1) is 14.5. The first-order valence-corrected chi connectivity index (χ1v) is 10.2. The molecule has 0 unspecified atom stereocenters. The predicted molar refractivity (Wildman–Crippen MR) is 115 cm³/mol. The number of rotatable bonds is 7. The lowest BCUT2D eigenvalue weighted by Crippen LogP contribution is -2.61. The van der Waals surface area contributed by atoms with Crippen molar-refractivity contribution in [2.75, 3.05) is 10.2 Å². The van der Waals surface area contributed by atoms with Crippen LogP contribution in [0.25, 0.3) is 0 Å². The number of para-hydroxylation sites is 2. The van der Waals surface area contributed by atoms with Gasteiger partial charge in [0.2, 0.25) is 11.8 Å². The Kier molecular flexibility index (Phi) is 7.61. The zero-order valence-electron chi connectivity index (χ0n) is 18.2. The van der Waals surface area contributed by atoms with Gasteiger partial charge in [-0.15, -0.1) is 0 Å². The van der Waals surface area contributed by atoms with E-state index < -0.39 is 48.1 Å². The van der Waals surface area contributed by atoms with Gasteiger partial charge in [-0.05, 0) is 30.9 Å². The molecule has 4 atom stereocenters. The molecular formula is C21H30N4O6. The maximum atomic E-state index is 13.3. The number of urea groups is 1. The van der Waals surface area contributed by atoms with Gasteiger partial charge in [-0.2, -0.15) is 0 Å². The molecule has 1 aliphatic rings. The van der Waals surface area contributed by atoms with Gasteiger partial charge < -0.3 is 26.2 Å². The first kappa shape index (κ1) is 24.1. The zero-order chi connectivity index (χ0) is 23.5. The summed E-state index contributed by atoms with van der Waals surface area (Å²) in [6.45, 7) is 8.26. The lowest BCUT2D eigenvalue weighted by atomic mass is 9.97. The van der Waals surface area contributed by atoms with E-state index in [9.17, 15) is 29.4 Å². The van der Waals surface area contributed by atoms with Crippen molar-refractivity contribution in [2.24, 2.45) is 11.8 Å². The summed E-state index contributed by atoms with van der Waals surface area (Å²) in [4.78, 5) is 51.3. The van der Waals surface area contributed by atoms with Crippen molar-refractivity contribution in [1.82, 2.24) is 10.6 Å². The van der Waals surface area contributed by atoms with E-state index in [0.29, 0.717) is 11.4 Å². The van der Waals surface area contributed by atoms with E-state index in [0.717, 1.165) is 0 Å². The molecule has 170 valence electrons. The van der Waals surface area contributed by atoms with Gasteiger partial charge in [0, 0.05) is 0 Å². The third-order valence-corrected chi connectivity index (χ3v) is 5.09. The number of carboxylic acids is 1. The molecule has 0 aromatic heterocycles. The lowest BCUT2D eigenvalue weighted by Gasteiger charge is -2.39. The van der Waals surface area contributed by atoms with E-state index in [1.807, 2.05) is 13.8 Å². The molecule has 1 heterocycles. The van der Waals surface area contributed by atoms with Crippen molar-refractivity contribution in [1.29, 1.82) is 0 Å². The molecule has 0 aliphatic carbocycles. The highest BCUT2D eigenvalue weighted by molar-refractivity contribution is 6.12. The summed E-state index contributed by atoms with van der Waals surface area (Å²) < 4.78 is 0. The summed E-state index contributed by atoms with van der Waals surface area (Å²) in [5.74, 6) is -3.07. The molecule has 0 saturated heterocycles. The number of fused-ring (bicyclic) bond motifs is 1. The van der Waals surface area contributed by atoms with Crippen LogP contribution in [-0.4, -0.2) is 58.3 Å². The number of nitrogens with zero attached hydrogens (tertiary/aromatic N) is 1. The van der Waals surface area contributed by atoms with Crippen LogP contribution in [0.1, 0.15) is 34.6 Å². The summed E-state index contributed by atoms with van der Waals surface area (Å²) >= 11 is 0. The van der Waals surface area contributed by atoms with E-state index in [1.165, 1.54) is 11.8 Å². The highest BCUT2D eigenvalue weighted by Crippen LogP contribution is 2.34. The van der Waals surface area contributed by atoms with Crippen LogP contribution in [0.2, 0.25) is 0 Å². The van der Waals surface area contributed by atoms with Gasteiger partial charge in [-0.25, -0.2) is 9.59 Å². The summed E-state index contributed by atoms with van der Waals surface area (Å²) in [7, 11) is 0. The predicted octanol–water partition coefficient (Wildman–Crippen LogP) is 1.15. The van der Waals surface area contributed by atoms with E-state index in [4.69, 9.17) is 0 Å². The average molecular weight is 434 g/mol. The Bertz CT molecular complexity index is 854. The standard InChI is InChI=1S/C21H30N4O6/c1-10(2)15(18(27)23-16(12(5)26)20(29)30)24-21(31)25-14-9-7-6-8-13(14)22-19(28)17(25)11(3)4/h6-12,15-17,26H,1-5H3,(H,22,28)(H,23,27)(H,24,31)(H,29,30)/t12-,15-,16+,17+/m1/s1. The maximum Gasteiger partial charge on any atom is 0.328 e. The normalized spacial score (nSPS) is 18.6. The van der Waals surface area contributed by atoms with Crippen molar-refractivity contribution in [2.45, 2.75) is 58.8 Å². The monoisotopic (exact) mass is 434 g/mol. The van der Waals surface area contributed by atoms with Gasteiger partial charge in [0.1, 0.15) is 12.1 Å². The van der Waals surface area contributed by atoms with Crippen LogP contribution in [0.15, 0.2) is 24.3 Å².